The number of rotatable bonds is 4. The minimum Gasteiger partial charge on any atom is -0.618 e. The monoisotopic (exact) mass is 293 g/mol. The molecule has 1 aromatic heterocycles. The van der Waals surface area contributed by atoms with Crippen molar-refractivity contribution in [1.29, 1.82) is 0 Å². The van der Waals surface area contributed by atoms with E-state index >= 15 is 0 Å². The molecule has 0 aliphatic rings. The van der Waals surface area contributed by atoms with Crippen molar-refractivity contribution in [1.82, 2.24) is 0 Å². The fraction of sp³-hybridized carbons (Fsp3) is 0.214. The van der Waals surface area contributed by atoms with Gasteiger partial charge in [0.05, 0.1) is 12.2 Å². The van der Waals surface area contributed by atoms with Crippen molar-refractivity contribution >= 4 is 9.84 Å². The Labute approximate surface area is 118 Å². The Morgan fingerprint density at radius 3 is 2.55 bits per heavy atom. The number of pyridine rings is 1. The molecule has 0 saturated heterocycles. The largest absolute Gasteiger partial charge is 0.618 e. The van der Waals surface area contributed by atoms with Gasteiger partial charge in [-0.3, -0.25) is 0 Å². The first-order chi connectivity index (χ1) is 9.45. The summed E-state index contributed by atoms with van der Waals surface area (Å²) in [5, 5.41) is 12.0. The first kappa shape index (κ1) is 14.3. The summed E-state index contributed by atoms with van der Waals surface area (Å²) in [7, 11) is -3.51. The summed E-state index contributed by atoms with van der Waals surface area (Å²) in [4.78, 5) is -0.0119. The van der Waals surface area contributed by atoms with Crippen LogP contribution < -0.4 is 9.47 Å². The summed E-state index contributed by atoms with van der Waals surface area (Å²) in [6.45, 7) is 2.25. The van der Waals surface area contributed by atoms with Crippen molar-refractivity contribution in [3.05, 3.63) is 47.8 Å². The van der Waals surface area contributed by atoms with Crippen LogP contribution in [0.5, 0.6) is 5.75 Å². The molecule has 20 heavy (non-hydrogen) atoms. The van der Waals surface area contributed by atoms with Gasteiger partial charge >= 0.3 is 0 Å². The summed E-state index contributed by atoms with van der Waals surface area (Å²) in [5.41, 5.74) is 0.546. The van der Waals surface area contributed by atoms with Gasteiger partial charge in [0.15, 0.2) is 16.0 Å². The molecule has 2 rings (SSSR count). The highest BCUT2D eigenvalue weighted by Crippen LogP contribution is 2.31. The zero-order chi connectivity index (χ0) is 14.8. The summed E-state index contributed by atoms with van der Waals surface area (Å²) >= 11 is 0. The van der Waals surface area contributed by atoms with Gasteiger partial charge in [-0.05, 0) is 25.1 Å². The van der Waals surface area contributed by atoms with E-state index in [4.69, 9.17) is 4.74 Å². The molecule has 0 atom stereocenters. The number of ether oxygens (including phenoxy) is 1. The lowest BCUT2D eigenvalue weighted by atomic mass is 10.1. The maximum absolute atomic E-state index is 12.0. The molecule has 0 radical (unpaired) electrons. The lowest BCUT2D eigenvalue weighted by Crippen LogP contribution is -2.30. The van der Waals surface area contributed by atoms with Crippen LogP contribution in [0.4, 0.5) is 0 Å². The molecule has 0 N–H and O–H groups in total. The zero-order valence-corrected chi connectivity index (χ0v) is 12.1. The molecule has 0 aliphatic heterocycles. The quantitative estimate of drug-likeness (QED) is 0.636. The van der Waals surface area contributed by atoms with Crippen molar-refractivity contribution in [3.8, 4) is 17.0 Å². The highest BCUT2D eigenvalue weighted by Gasteiger charge is 2.24. The molecule has 2 aromatic rings. The molecule has 106 valence electrons. The fourth-order valence-corrected chi connectivity index (χ4v) is 2.84. The molecule has 0 bridgehead atoms. The van der Waals surface area contributed by atoms with Crippen molar-refractivity contribution < 1.29 is 17.9 Å². The zero-order valence-electron chi connectivity index (χ0n) is 11.2. The maximum atomic E-state index is 12.0. The molecule has 1 aromatic carbocycles. The van der Waals surface area contributed by atoms with E-state index in [2.05, 4.69) is 0 Å². The Balaban J connectivity index is 2.76. The first-order valence-corrected chi connectivity index (χ1v) is 7.98. The van der Waals surface area contributed by atoms with Gasteiger partial charge in [-0.15, -0.1) is 0 Å². The van der Waals surface area contributed by atoms with Gasteiger partial charge in [-0.2, -0.15) is 4.73 Å². The average Bonchev–Trinajstić information content (AvgIpc) is 2.39. The van der Waals surface area contributed by atoms with E-state index in [9.17, 15) is 13.6 Å². The Hall–Kier alpha value is -2.08. The molecule has 0 fully saturated rings. The van der Waals surface area contributed by atoms with Crippen molar-refractivity contribution in [2.75, 3.05) is 12.9 Å². The third kappa shape index (κ3) is 2.75. The predicted octanol–water partition coefficient (Wildman–Crippen LogP) is 1.79. The third-order valence-corrected chi connectivity index (χ3v) is 3.89. The van der Waals surface area contributed by atoms with Crippen LogP contribution in [-0.4, -0.2) is 21.3 Å². The molecule has 6 heteroatoms. The van der Waals surface area contributed by atoms with Gasteiger partial charge in [-0.1, -0.05) is 12.1 Å². The number of nitrogens with zero attached hydrogens (tertiary/aromatic N) is 1. The minimum absolute atomic E-state index is 0.0119. The highest BCUT2D eigenvalue weighted by molar-refractivity contribution is 7.90. The molecule has 0 spiro atoms. The molecular formula is C14H15NO4S. The number of para-hydroxylation sites is 1. The SMILES string of the molecule is CCOc1ccccc1-c1c(S(C)(=O)=O)ccc[n+]1[O-]. The van der Waals surface area contributed by atoms with Gasteiger partial charge in [-0.25, -0.2) is 8.42 Å². The average molecular weight is 293 g/mol. The van der Waals surface area contributed by atoms with Crippen molar-refractivity contribution in [2.24, 2.45) is 0 Å². The van der Waals surface area contributed by atoms with Crippen molar-refractivity contribution in [2.45, 2.75) is 11.8 Å². The predicted molar refractivity (Wildman–Crippen MR) is 75.1 cm³/mol. The van der Waals surface area contributed by atoms with E-state index in [0.29, 0.717) is 22.7 Å². The normalized spacial score (nSPS) is 11.3. The second-order valence-electron chi connectivity index (χ2n) is 4.25. The highest BCUT2D eigenvalue weighted by atomic mass is 32.2. The third-order valence-electron chi connectivity index (χ3n) is 2.76. The van der Waals surface area contributed by atoms with Gasteiger partial charge in [0.2, 0.25) is 5.69 Å². The smallest absolute Gasteiger partial charge is 0.246 e. The standard InChI is InChI=1S/C14H15NO4S/c1-3-19-12-8-5-4-7-11(12)14-13(20(2,17)18)9-6-10-15(14)16/h4-10H,3H2,1-2H3. The van der Waals surface area contributed by atoms with Crippen LogP contribution in [0.15, 0.2) is 47.5 Å². The number of sulfone groups is 1. The fourth-order valence-electron chi connectivity index (χ4n) is 1.96. The molecule has 0 amide bonds. The minimum atomic E-state index is -3.51. The van der Waals surface area contributed by atoms with Crippen LogP contribution in [0.2, 0.25) is 0 Å². The lowest BCUT2D eigenvalue weighted by Gasteiger charge is -2.12. The second kappa shape index (κ2) is 5.50. The summed E-state index contributed by atoms with van der Waals surface area (Å²) in [5.74, 6) is 0.482. The molecule has 0 aliphatic carbocycles. The Bertz CT molecular complexity index is 726. The topological polar surface area (TPSA) is 70.3 Å². The lowest BCUT2D eigenvalue weighted by molar-refractivity contribution is -0.595. The van der Waals surface area contributed by atoms with E-state index < -0.39 is 9.84 Å². The molecule has 0 unspecified atom stereocenters. The second-order valence-corrected chi connectivity index (χ2v) is 6.23. The molecule has 5 nitrogen and oxygen atoms in total. The molecule has 1 heterocycles. The summed E-state index contributed by atoms with van der Waals surface area (Å²) < 4.78 is 29.7. The van der Waals surface area contributed by atoms with Crippen LogP contribution in [-0.2, 0) is 9.84 Å². The number of hydrogen-bond donors (Lipinski definition) is 0. The molecular weight excluding hydrogens is 278 g/mol. The van der Waals surface area contributed by atoms with Crippen LogP contribution >= 0.6 is 0 Å². The van der Waals surface area contributed by atoms with E-state index in [1.165, 1.54) is 18.3 Å². The summed E-state index contributed by atoms with van der Waals surface area (Å²) in [6.07, 6.45) is 2.35. The van der Waals surface area contributed by atoms with Crippen LogP contribution in [0, 0.1) is 5.21 Å². The first-order valence-electron chi connectivity index (χ1n) is 6.09. The Morgan fingerprint density at radius 1 is 1.20 bits per heavy atom. The van der Waals surface area contributed by atoms with E-state index in [-0.39, 0.29) is 10.6 Å². The van der Waals surface area contributed by atoms with Crippen LogP contribution in [0.1, 0.15) is 6.92 Å². The number of hydrogen-bond acceptors (Lipinski definition) is 4. The number of aromatic nitrogens is 1. The van der Waals surface area contributed by atoms with Crippen LogP contribution in [0.25, 0.3) is 11.3 Å². The number of benzene rings is 1. The van der Waals surface area contributed by atoms with E-state index in [0.717, 1.165) is 6.26 Å². The van der Waals surface area contributed by atoms with E-state index in [1.54, 1.807) is 24.3 Å². The maximum Gasteiger partial charge on any atom is 0.246 e. The Morgan fingerprint density at radius 2 is 1.90 bits per heavy atom. The summed E-state index contributed by atoms with van der Waals surface area (Å²) in [6, 6.07) is 9.71. The van der Waals surface area contributed by atoms with Gasteiger partial charge < -0.3 is 9.94 Å². The van der Waals surface area contributed by atoms with Gasteiger partial charge in [0.1, 0.15) is 10.6 Å². The van der Waals surface area contributed by atoms with Gasteiger partial charge in [0.25, 0.3) is 0 Å². The van der Waals surface area contributed by atoms with Crippen LogP contribution in [0.3, 0.4) is 0 Å². The Kier molecular flexibility index (Phi) is 3.94. The van der Waals surface area contributed by atoms with E-state index in [1.807, 2.05) is 6.92 Å². The molecule has 0 saturated carbocycles. The van der Waals surface area contributed by atoms with Gasteiger partial charge in [0, 0.05) is 12.3 Å². The van der Waals surface area contributed by atoms with Crippen molar-refractivity contribution in [3.63, 3.8) is 0 Å².